The Morgan fingerprint density at radius 1 is 0.875 bits per heavy atom. The number of Topliss-reactive ketones (excluding diaryl/α,β-unsaturated/α-hetero) is 2. The molecule has 2 atom stereocenters. The molecule has 3 rings (SSSR count). The summed E-state index contributed by atoms with van der Waals surface area (Å²) in [5, 5.41) is 0. The zero-order chi connectivity index (χ0) is 11.4. The molecule has 2 heterocycles. The molecule has 0 aromatic carbocycles. The molecule has 0 unspecified atom stereocenters. The molecule has 3 aliphatic rings. The fourth-order valence-electron chi connectivity index (χ4n) is 2.19. The summed E-state index contributed by atoms with van der Waals surface area (Å²) < 4.78 is 10.2. The van der Waals surface area contributed by atoms with Crippen LogP contribution in [0.5, 0.6) is 0 Å². The predicted molar refractivity (Wildman–Crippen MR) is 54.9 cm³/mol. The van der Waals surface area contributed by atoms with Crippen LogP contribution in [0.15, 0.2) is 22.3 Å². The van der Waals surface area contributed by atoms with E-state index < -0.39 is 0 Å². The van der Waals surface area contributed by atoms with Crippen LogP contribution in [0.2, 0.25) is 0 Å². The van der Waals surface area contributed by atoms with Gasteiger partial charge in [-0.1, -0.05) is 0 Å². The van der Waals surface area contributed by atoms with Crippen LogP contribution in [0.25, 0.3) is 0 Å². The summed E-state index contributed by atoms with van der Waals surface area (Å²) in [5.41, 5.74) is 2.16. The second-order valence-corrected chi connectivity index (χ2v) is 4.38. The van der Waals surface area contributed by atoms with Gasteiger partial charge in [0.1, 0.15) is 12.2 Å². The van der Waals surface area contributed by atoms with E-state index in [1.54, 1.807) is 13.8 Å². The highest BCUT2D eigenvalue weighted by Crippen LogP contribution is 2.36. The van der Waals surface area contributed by atoms with Gasteiger partial charge in [0.15, 0.2) is 11.6 Å². The Morgan fingerprint density at radius 3 is 1.44 bits per heavy atom. The fourth-order valence-corrected chi connectivity index (χ4v) is 2.19. The molecule has 0 N–H and O–H groups in total. The monoisotopic (exact) mass is 220 g/mol. The maximum Gasteiger partial charge on any atom is 0.188 e. The first-order chi connectivity index (χ1) is 7.61. The molecule has 0 spiro atoms. The van der Waals surface area contributed by atoms with Crippen LogP contribution in [0, 0.1) is 0 Å². The number of rotatable bonds is 2. The molecule has 0 aromatic rings. The lowest BCUT2D eigenvalue weighted by Gasteiger charge is -2.18. The Balaban J connectivity index is 2.06. The minimum absolute atomic E-state index is 0.0508. The van der Waals surface area contributed by atoms with E-state index in [0.29, 0.717) is 35.5 Å². The summed E-state index contributed by atoms with van der Waals surface area (Å²) >= 11 is 0. The van der Waals surface area contributed by atoms with E-state index in [-0.39, 0.29) is 23.8 Å². The van der Waals surface area contributed by atoms with Crippen molar-refractivity contribution < 1.29 is 19.1 Å². The lowest BCUT2D eigenvalue weighted by molar-refractivity contribution is -0.116. The van der Waals surface area contributed by atoms with E-state index in [9.17, 15) is 9.59 Å². The summed E-state index contributed by atoms with van der Waals surface area (Å²) in [6.45, 7) is 4.50. The van der Waals surface area contributed by atoms with E-state index in [4.69, 9.17) is 9.47 Å². The Morgan fingerprint density at radius 2 is 1.19 bits per heavy atom. The van der Waals surface area contributed by atoms with Crippen LogP contribution in [0.4, 0.5) is 0 Å². The van der Waals surface area contributed by atoms with Crippen LogP contribution in [-0.2, 0) is 19.1 Å². The van der Waals surface area contributed by atoms with E-state index in [1.165, 1.54) is 0 Å². The second kappa shape index (κ2) is 3.12. The molecule has 4 heteroatoms. The van der Waals surface area contributed by atoms with Gasteiger partial charge in [0.25, 0.3) is 0 Å². The van der Waals surface area contributed by atoms with Crippen molar-refractivity contribution in [2.24, 2.45) is 0 Å². The number of carbonyl (C=O) groups excluding carboxylic acids is 2. The van der Waals surface area contributed by atoms with Crippen molar-refractivity contribution in [1.29, 1.82) is 0 Å². The Kier molecular flexibility index (Phi) is 1.94. The van der Waals surface area contributed by atoms with Crippen molar-refractivity contribution in [2.75, 3.05) is 13.2 Å². The SMILES string of the molecule is CC1=C([C@@H]2CO2)C(=O)C(C)=C([C@H]2CO2)C1=O. The number of ketones is 2. The van der Waals surface area contributed by atoms with Gasteiger partial charge in [0.05, 0.1) is 13.2 Å². The molecule has 16 heavy (non-hydrogen) atoms. The van der Waals surface area contributed by atoms with Gasteiger partial charge in [-0.15, -0.1) is 0 Å². The largest absolute Gasteiger partial charge is 0.368 e. The van der Waals surface area contributed by atoms with Crippen LogP contribution >= 0.6 is 0 Å². The Labute approximate surface area is 92.9 Å². The molecule has 0 radical (unpaired) electrons. The first-order valence-corrected chi connectivity index (χ1v) is 5.35. The number of carbonyl (C=O) groups is 2. The second-order valence-electron chi connectivity index (χ2n) is 4.38. The summed E-state index contributed by atoms with van der Waals surface area (Å²) in [6, 6.07) is 0. The smallest absolute Gasteiger partial charge is 0.188 e. The maximum atomic E-state index is 12.1. The Bertz CT molecular complexity index is 417. The summed E-state index contributed by atoms with van der Waals surface area (Å²) in [6.07, 6.45) is -0.318. The number of hydrogen-bond donors (Lipinski definition) is 0. The van der Waals surface area contributed by atoms with Gasteiger partial charge in [-0.3, -0.25) is 9.59 Å². The van der Waals surface area contributed by atoms with Gasteiger partial charge >= 0.3 is 0 Å². The van der Waals surface area contributed by atoms with Gasteiger partial charge in [0.2, 0.25) is 0 Å². The van der Waals surface area contributed by atoms with Crippen LogP contribution in [0.1, 0.15) is 13.8 Å². The third-order valence-electron chi connectivity index (χ3n) is 3.29. The van der Waals surface area contributed by atoms with Crippen molar-refractivity contribution in [3.05, 3.63) is 22.3 Å². The van der Waals surface area contributed by atoms with E-state index >= 15 is 0 Å². The van der Waals surface area contributed by atoms with E-state index in [0.717, 1.165) is 0 Å². The maximum absolute atomic E-state index is 12.1. The molecule has 0 aromatic heterocycles. The highest BCUT2D eigenvalue weighted by Gasteiger charge is 2.44. The van der Waals surface area contributed by atoms with Crippen LogP contribution < -0.4 is 0 Å². The minimum Gasteiger partial charge on any atom is -0.368 e. The lowest BCUT2D eigenvalue weighted by Crippen LogP contribution is -2.26. The first kappa shape index (κ1) is 9.93. The summed E-state index contributed by atoms with van der Waals surface area (Å²) in [5.74, 6) is -0.102. The normalized spacial score (nSPS) is 33.6. The van der Waals surface area contributed by atoms with Crippen molar-refractivity contribution in [1.82, 2.24) is 0 Å². The zero-order valence-corrected chi connectivity index (χ0v) is 9.20. The van der Waals surface area contributed by atoms with Gasteiger partial charge in [-0.2, -0.15) is 0 Å². The first-order valence-electron chi connectivity index (χ1n) is 5.35. The van der Waals surface area contributed by atoms with Gasteiger partial charge in [0, 0.05) is 22.3 Å². The fraction of sp³-hybridized carbons (Fsp3) is 0.500. The van der Waals surface area contributed by atoms with Crippen LogP contribution in [-0.4, -0.2) is 37.0 Å². The highest BCUT2D eigenvalue weighted by atomic mass is 16.6. The number of hydrogen-bond acceptors (Lipinski definition) is 4. The lowest BCUT2D eigenvalue weighted by atomic mass is 9.83. The third-order valence-corrected chi connectivity index (χ3v) is 3.29. The molecule has 0 bridgehead atoms. The van der Waals surface area contributed by atoms with E-state index in [1.807, 2.05) is 0 Å². The van der Waals surface area contributed by atoms with Crippen molar-refractivity contribution in [2.45, 2.75) is 26.1 Å². The molecule has 2 saturated heterocycles. The topological polar surface area (TPSA) is 59.2 Å². The molecule has 1 aliphatic carbocycles. The number of epoxide rings is 2. The highest BCUT2D eigenvalue weighted by molar-refractivity contribution is 6.25. The van der Waals surface area contributed by atoms with Crippen molar-refractivity contribution >= 4 is 11.6 Å². The average Bonchev–Trinajstić information content (AvgIpc) is 3.07. The van der Waals surface area contributed by atoms with Gasteiger partial charge < -0.3 is 9.47 Å². The Hall–Kier alpha value is -1.26. The van der Waals surface area contributed by atoms with E-state index in [2.05, 4.69) is 0 Å². The summed E-state index contributed by atoms with van der Waals surface area (Å²) in [7, 11) is 0. The van der Waals surface area contributed by atoms with Gasteiger partial charge in [-0.25, -0.2) is 0 Å². The molecular weight excluding hydrogens is 208 g/mol. The van der Waals surface area contributed by atoms with Gasteiger partial charge in [-0.05, 0) is 13.8 Å². The third kappa shape index (κ3) is 1.30. The quantitative estimate of drug-likeness (QED) is 0.504. The minimum atomic E-state index is -0.159. The molecule has 4 nitrogen and oxygen atoms in total. The standard InChI is InChI=1S/C12H12O4/c1-5-9(7-3-15-7)12(14)6(2)10(11(5)13)8-4-16-8/h7-8H,3-4H2,1-2H3/t7-,8+. The molecule has 84 valence electrons. The van der Waals surface area contributed by atoms with Crippen LogP contribution in [0.3, 0.4) is 0 Å². The van der Waals surface area contributed by atoms with Crippen molar-refractivity contribution in [3.8, 4) is 0 Å². The zero-order valence-electron chi connectivity index (χ0n) is 9.20. The number of ether oxygens (including phenoxy) is 2. The predicted octanol–water partition coefficient (Wildman–Crippen LogP) is 0.569. The molecule has 2 aliphatic heterocycles. The molecule has 0 amide bonds. The molecule has 0 saturated carbocycles. The summed E-state index contributed by atoms with van der Waals surface area (Å²) in [4.78, 5) is 24.2. The average molecular weight is 220 g/mol. The number of allylic oxidation sites excluding steroid dienone is 2. The molecular formula is C12H12O4. The molecule has 2 fully saturated rings. The van der Waals surface area contributed by atoms with Crippen molar-refractivity contribution in [3.63, 3.8) is 0 Å².